The number of amides is 1. The van der Waals surface area contributed by atoms with E-state index in [1.807, 2.05) is 0 Å². The van der Waals surface area contributed by atoms with Gasteiger partial charge in [-0.05, 0) is 60.5 Å². The van der Waals surface area contributed by atoms with Gasteiger partial charge in [0.1, 0.15) is 0 Å². The molecule has 3 aromatic rings. The highest BCUT2D eigenvalue weighted by molar-refractivity contribution is 5.99. The Bertz CT molecular complexity index is 1130. The van der Waals surface area contributed by atoms with Gasteiger partial charge in [0, 0.05) is 56.4 Å². The average molecular weight is 480 g/mol. The molecule has 2 fully saturated rings. The van der Waals surface area contributed by atoms with Gasteiger partial charge in [0.25, 0.3) is 5.91 Å². The minimum atomic E-state index is 0.241. The summed E-state index contributed by atoms with van der Waals surface area (Å²) in [5, 5.41) is 0. The molecule has 4 heteroatoms. The van der Waals surface area contributed by atoms with Crippen LogP contribution in [0.25, 0.3) is 0 Å². The van der Waals surface area contributed by atoms with Crippen molar-refractivity contribution < 1.29 is 4.79 Å². The molecule has 0 bridgehead atoms. The molecule has 0 spiro atoms. The second-order valence-electron chi connectivity index (χ2n) is 10.8. The normalized spacial score (nSPS) is 18.5. The molecule has 1 saturated carbocycles. The van der Waals surface area contributed by atoms with E-state index < -0.39 is 0 Å². The van der Waals surface area contributed by atoms with Gasteiger partial charge < -0.3 is 9.80 Å². The Kier molecular flexibility index (Phi) is 6.78. The van der Waals surface area contributed by atoms with Crippen LogP contribution in [0.3, 0.4) is 0 Å². The SMILES string of the molecule is O=C1c2cc(N3CCN(CCC(c4ccccc4)c4ccccc4)CC3)ccc2CN1CC1CCC1. The lowest BCUT2D eigenvalue weighted by Crippen LogP contribution is -2.46. The molecule has 0 atom stereocenters. The first kappa shape index (κ1) is 23.3. The highest BCUT2D eigenvalue weighted by atomic mass is 16.2. The molecule has 36 heavy (non-hydrogen) atoms. The van der Waals surface area contributed by atoms with E-state index in [9.17, 15) is 4.79 Å². The third-order valence-electron chi connectivity index (χ3n) is 8.55. The molecule has 1 saturated heterocycles. The van der Waals surface area contributed by atoms with E-state index in [4.69, 9.17) is 0 Å². The number of carbonyl (C=O) groups is 1. The van der Waals surface area contributed by atoms with Crippen molar-refractivity contribution in [2.75, 3.05) is 44.2 Å². The number of carbonyl (C=O) groups excluding carboxylic acids is 1. The topological polar surface area (TPSA) is 26.8 Å². The van der Waals surface area contributed by atoms with Crippen LogP contribution in [0, 0.1) is 5.92 Å². The maximum Gasteiger partial charge on any atom is 0.254 e. The van der Waals surface area contributed by atoms with Crippen LogP contribution in [0.15, 0.2) is 78.9 Å². The van der Waals surface area contributed by atoms with Crippen molar-refractivity contribution in [3.05, 3.63) is 101 Å². The number of fused-ring (bicyclic) bond motifs is 1. The first-order valence-corrected chi connectivity index (χ1v) is 13.7. The van der Waals surface area contributed by atoms with E-state index in [-0.39, 0.29) is 5.91 Å². The van der Waals surface area contributed by atoms with E-state index >= 15 is 0 Å². The summed E-state index contributed by atoms with van der Waals surface area (Å²) >= 11 is 0. The summed E-state index contributed by atoms with van der Waals surface area (Å²) in [7, 11) is 0. The van der Waals surface area contributed by atoms with Crippen LogP contribution >= 0.6 is 0 Å². The minimum absolute atomic E-state index is 0.241. The first-order chi connectivity index (χ1) is 17.7. The lowest BCUT2D eigenvalue weighted by atomic mass is 9.85. The summed E-state index contributed by atoms with van der Waals surface area (Å²) in [6.45, 7) is 6.99. The molecule has 0 aromatic heterocycles. The number of anilines is 1. The summed E-state index contributed by atoms with van der Waals surface area (Å²) in [6, 6.07) is 28.4. The standard InChI is InChI=1S/C32H37N3O/c36-32-31-22-29(15-14-28(31)24-35(32)23-25-8-7-9-25)34-20-18-33(19-21-34)17-16-30(26-10-3-1-4-11-26)27-12-5-2-6-13-27/h1-6,10-15,22,25,30H,7-9,16-21,23-24H2. The van der Waals surface area contributed by atoms with Crippen molar-refractivity contribution in [3.8, 4) is 0 Å². The molecular formula is C32H37N3O. The summed E-state index contributed by atoms with van der Waals surface area (Å²) in [5.41, 5.74) is 6.14. The molecule has 1 aliphatic carbocycles. The van der Waals surface area contributed by atoms with Crippen molar-refractivity contribution >= 4 is 11.6 Å². The molecule has 2 heterocycles. The third kappa shape index (κ3) is 4.92. The van der Waals surface area contributed by atoms with Crippen LogP contribution in [-0.4, -0.2) is 55.0 Å². The average Bonchev–Trinajstić information content (AvgIpc) is 3.22. The lowest BCUT2D eigenvalue weighted by Gasteiger charge is -2.37. The Labute approximate surface area is 215 Å². The number of hydrogen-bond donors (Lipinski definition) is 0. The molecule has 3 aliphatic rings. The second kappa shape index (κ2) is 10.5. The van der Waals surface area contributed by atoms with Gasteiger partial charge in [0.2, 0.25) is 0 Å². The van der Waals surface area contributed by atoms with Crippen molar-refractivity contribution in [1.82, 2.24) is 9.80 Å². The Hall–Kier alpha value is -3.11. The predicted octanol–water partition coefficient (Wildman–Crippen LogP) is 5.79. The van der Waals surface area contributed by atoms with Crippen LogP contribution < -0.4 is 4.90 Å². The number of nitrogens with zero attached hydrogens (tertiary/aromatic N) is 3. The summed E-state index contributed by atoms with van der Waals surface area (Å²) in [5.74, 6) is 1.39. The highest BCUT2D eigenvalue weighted by Gasteiger charge is 2.31. The zero-order chi connectivity index (χ0) is 24.3. The van der Waals surface area contributed by atoms with Crippen LogP contribution in [0.5, 0.6) is 0 Å². The van der Waals surface area contributed by atoms with Gasteiger partial charge in [-0.15, -0.1) is 0 Å². The van der Waals surface area contributed by atoms with Crippen molar-refractivity contribution in [3.63, 3.8) is 0 Å². The molecule has 3 aromatic carbocycles. The maximum absolute atomic E-state index is 13.0. The second-order valence-corrected chi connectivity index (χ2v) is 10.8. The van der Waals surface area contributed by atoms with Crippen LogP contribution in [0.2, 0.25) is 0 Å². The smallest absolute Gasteiger partial charge is 0.254 e. The lowest BCUT2D eigenvalue weighted by molar-refractivity contribution is 0.0720. The highest BCUT2D eigenvalue weighted by Crippen LogP contribution is 2.33. The van der Waals surface area contributed by atoms with Crippen molar-refractivity contribution in [1.29, 1.82) is 0 Å². The van der Waals surface area contributed by atoms with E-state index in [0.717, 1.165) is 63.7 Å². The third-order valence-corrected chi connectivity index (χ3v) is 8.55. The van der Waals surface area contributed by atoms with E-state index in [0.29, 0.717) is 5.92 Å². The Morgan fingerprint density at radius 2 is 1.47 bits per heavy atom. The molecule has 0 unspecified atom stereocenters. The number of piperazine rings is 1. The van der Waals surface area contributed by atoms with Crippen LogP contribution in [0.4, 0.5) is 5.69 Å². The Balaban J connectivity index is 1.06. The first-order valence-electron chi connectivity index (χ1n) is 13.7. The fraction of sp³-hybridized carbons (Fsp3) is 0.406. The van der Waals surface area contributed by atoms with Gasteiger partial charge in [-0.2, -0.15) is 0 Å². The van der Waals surface area contributed by atoms with Gasteiger partial charge in [-0.1, -0.05) is 73.2 Å². The molecule has 0 N–H and O–H groups in total. The minimum Gasteiger partial charge on any atom is -0.369 e. The van der Waals surface area contributed by atoms with Gasteiger partial charge in [0.05, 0.1) is 0 Å². The van der Waals surface area contributed by atoms with E-state index in [2.05, 4.69) is 93.6 Å². The predicted molar refractivity (Wildman–Crippen MR) is 147 cm³/mol. The molecule has 0 radical (unpaired) electrons. The summed E-state index contributed by atoms with van der Waals surface area (Å²) < 4.78 is 0. The quantitative estimate of drug-likeness (QED) is 0.409. The zero-order valence-corrected chi connectivity index (χ0v) is 21.2. The number of rotatable bonds is 8. The largest absolute Gasteiger partial charge is 0.369 e. The van der Waals surface area contributed by atoms with Gasteiger partial charge >= 0.3 is 0 Å². The molecule has 186 valence electrons. The fourth-order valence-electron chi connectivity index (χ4n) is 6.12. The van der Waals surface area contributed by atoms with Crippen molar-refractivity contribution in [2.24, 2.45) is 5.92 Å². The Morgan fingerprint density at radius 3 is 2.08 bits per heavy atom. The fourth-order valence-corrected chi connectivity index (χ4v) is 6.12. The van der Waals surface area contributed by atoms with Crippen LogP contribution in [0.1, 0.15) is 58.6 Å². The van der Waals surface area contributed by atoms with Gasteiger partial charge in [-0.25, -0.2) is 0 Å². The molecule has 6 rings (SSSR count). The Morgan fingerprint density at radius 1 is 0.806 bits per heavy atom. The maximum atomic E-state index is 13.0. The van der Waals surface area contributed by atoms with E-state index in [1.165, 1.54) is 41.6 Å². The summed E-state index contributed by atoms with van der Waals surface area (Å²) in [4.78, 5) is 20.2. The number of hydrogen-bond acceptors (Lipinski definition) is 3. The molecule has 4 nitrogen and oxygen atoms in total. The number of benzene rings is 3. The van der Waals surface area contributed by atoms with Crippen molar-refractivity contribution in [2.45, 2.75) is 38.1 Å². The van der Waals surface area contributed by atoms with Gasteiger partial charge in [0.15, 0.2) is 0 Å². The zero-order valence-electron chi connectivity index (χ0n) is 21.2. The van der Waals surface area contributed by atoms with Gasteiger partial charge in [-0.3, -0.25) is 9.69 Å². The monoisotopic (exact) mass is 479 g/mol. The molecular weight excluding hydrogens is 442 g/mol. The molecule has 2 aliphatic heterocycles. The summed E-state index contributed by atoms with van der Waals surface area (Å²) in [6.07, 6.45) is 5.02. The van der Waals surface area contributed by atoms with E-state index in [1.54, 1.807) is 0 Å². The van der Waals surface area contributed by atoms with Crippen LogP contribution in [-0.2, 0) is 6.54 Å². The molecule has 1 amide bonds.